The molecule has 30 heavy (non-hydrogen) atoms. The van der Waals surface area contributed by atoms with E-state index in [1.165, 1.54) is 0 Å². The van der Waals surface area contributed by atoms with Gasteiger partial charge in [-0.05, 0) is 61.0 Å². The molecule has 6 heteroatoms. The van der Waals surface area contributed by atoms with Gasteiger partial charge in [0, 0.05) is 12.1 Å². The van der Waals surface area contributed by atoms with Gasteiger partial charge in [0.1, 0.15) is 11.5 Å². The minimum atomic E-state index is -0.303. The van der Waals surface area contributed by atoms with Crippen molar-refractivity contribution in [2.24, 2.45) is 0 Å². The second kappa shape index (κ2) is 10.1. The highest BCUT2D eigenvalue weighted by Gasteiger charge is 2.14. The standard InChI is InChI=1S/C24H24N2O4/c1-3-30-20-8-6-7-17(15-20)16-25-24(28)21-9-4-5-10-22(21)26-23(27)18-11-13-19(29-2)14-12-18/h4-15H,3,16H2,1-2H3,(H,25,28)(H,26,27). The molecule has 0 radical (unpaired) electrons. The van der Waals surface area contributed by atoms with Crippen LogP contribution in [0, 0.1) is 0 Å². The molecule has 3 rings (SSSR count). The van der Waals surface area contributed by atoms with Gasteiger partial charge in [0.2, 0.25) is 0 Å². The topological polar surface area (TPSA) is 76.7 Å². The quantitative estimate of drug-likeness (QED) is 0.588. The van der Waals surface area contributed by atoms with Crippen LogP contribution in [0.1, 0.15) is 33.2 Å². The van der Waals surface area contributed by atoms with Crippen LogP contribution in [-0.2, 0) is 6.54 Å². The summed E-state index contributed by atoms with van der Waals surface area (Å²) in [4.78, 5) is 25.3. The second-order valence-electron chi connectivity index (χ2n) is 6.49. The first-order chi connectivity index (χ1) is 14.6. The number of anilines is 1. The Hall–Kier alpha value is -3.80. The van der Waals surface area contributed by atoms with Gasteiger partial charge in [-0.2, -0.15) is 0 Å². The zero-order chi connectivity index (χ0) is 21.3. The lowest BCUT2D eigenvalue weighted by Gasteiger charge is -2.12. The number of hydrogen-bond donors (Lipinski definition) is 2. The lowest BCUT2D eigenvalue weighted by atomic mass is 10.1. The smallest absolute Gasteiger partial charge is 0.255 e. The summed E-state index contributed by atoms with van der Waals surface area (Å²) in [5, 5.41) is 5.70. The molecule has 6 nitrogen and oxygen atoms in total. The molecule has 0 fully saturated rings. The molecule has 0 atom stereocenters. The van der Waals surface area contributed by atoms with Crippen LogP contribution in [0.5, 0.6) is 11.5 Å². The van der Waals surface area contributed by atoms with Crippen LogP contribution >= 0.6 is 0 Å². The normalized spacial score (nSPS) is 10.2. The van der Waals surface area contributed by atoms with Crippen molar-refractivity contribution in [1.82, 2.24) is 5.32 Å². The molecule has 0 aliphatic heterocycles. The van der Waals surface area contributed by atoms with Crippen molar-refractivity contribution in [3.05, 3.63) is 89.5 Å². The van der Waals surface area contributed by atoms with E-state index in [2.05, 4.69) is 10.6 Å². The van der Waals surface area contributed by atoms with Crippen molar-refractivity contribution in [3.63, 3.8) is 0 Å². The van der Waals surface area contributed by atoms with Gasteiger partial charge in [-0.1, -0.05) is 24.3 Å². The molecule has 0 unspecified atom stereocenters. The Balaban J connectivity index is 1.68. The van der Waals surface area contributed by atoms with Gasteiger partial charge in [-0.3, -0.25) is 9.59 Å². The van der Waals surface area contributed by atoms with Crippen molar-refractivity contribution < 1.29 is 19.1 Å². The number of carbonyl (C=O) groups is 2. The molecule has 2 N–H and O–H groups in total. The molecule has 2 amide bonds. The van der Waals surface area contributed by atoms with Gasteiger partial charge < -0.3 is 20.1 Å². The zero-order valence-corrected chi connectivity index (χ0v) is 17.0. The van der Waals surface area contributed by atoms with E-state index in [-0.39, 0.29) is 11.8 Å². The molecule has 0 heterocycles. The fraction of sp³-hybridized carbons (Fsp3) is 0.167. The number of benzene rings is 3. The predicted molar refractivity (Wildman–Crippen MR) is 116 cm³/mol. The highest BCUT2D eigenvalue weighted by Crippen LogP contribution is 2.18. The molecule has 0 aromatic heterocycles. The van der Waals surface area contributed by atoms with Crippen LogP contribution in [0.2, 0.25) is 0 Å². The third-order valence-electron chi connectivity index (χ3n) is 4.43. The molecule has 3 aromatic carbocycles. The van der Waals surface area contributed by atoms with E-state index in [4.69, 9.17) is 9.47 Å². The fourth-order valence-electron chi connectivity index (χ4n) is 2.92. The summed E-state index contributed by atoms with van der Waals surface area (Å²) in [5.74, 6) is 0.848. The summed E-state index contributed by atoms with van der Waals surface area (Å²) in [6.07, 6.45) is 0. The van der Waals surface area contributed by atoms with Crippen LogP contribution in [0.3, 0.4) is 0 Å². The number of ether oxygens (including phenoxy) is 2. The zero-order valence-electron chi connectivity index (χ0n) is 17.0. The van der Waals surface area contributed by atoms with Gasteiger partial charge in [-0.25, -0.2) is 0 Å². The van der Waals surface area contributed by atoms with E-state index in [1.54, 1.807) is 55.6 Å². The molecule has 3 aromatic rings. The lowest BCUT2D eigenvalue weighted by Crippen LogP contribution is -2.25. The summed E-state index contributed by atoms with van der Waals surface area (Å²) in [7, 11) is 1.57. The molecule has 0 spiro atoms. The van der Waals surface area contributed by atoms with Crippen LogP contribution < -0.4 is 20.1 Å². The Morgan fingerprint density at radius 3 is 2.37 bits per heavy atom. The number of amides is 2. The molecule has 0 aliphatic carbocycles. The minimum Gasteiger partial charge on any atom is -0.497 e. The van der Waals surface area contributed by atoms with Crippen molar-refractivity contribution in [2.45, 2.75) is 13.5 Å². The van der Waals surface area contributed by atoms with Gasteiger partial charge >= 0.3 is 0 Å². The van der Waals surface area contributed by atoms with E-state index < -0.39 is 0 Å². The largest absolute Gasteiger partial charge is 0.497 e. The molecule has 0 aliphatic rings. The SMILES string of the molecule is CCOc1cccc(CNC(=O)c2ccccc2NC(=O)c2ccc(OC)cc2)c1. The molecular formula is C24H24N2O4. The summed E-state index contributed by atoms with van der Waals surface area (Å²) in [5.41, 5.74) is 2.23. The Labute approximate surface area is 175 Å². The Morgan fingerprint density at radius 1 is 0.867 bits per heavy atom. The summed E-state index contributed by atoms with van der Waals surface area (Å²) in [6, 6.07) is 21.2. The third-order valence-corrected chi connectivity index (χ3v) is 4.43. The van der Waals surface area contributed by atoms with Gasteiger partial charge in [0.25, 0.3) is 11.8 Å². The van der Waals surface area contributed by atoms with Crippen molar-refractivity contribution in [3.8, 4) is 11.5 Å². The van der Waals surface area contributed by atoms with E-state index in [1.807, 2.05) is 31.2 Å². The fourth-order valence-corrected chi connectivity index (χ4v) is 2.92. The first kappa shape index (κ1) is 20.9. The number of nitrogens with one attached hydrogen (secondary N) is 2. The number of carbonyl (C=O) groups excluding carboxylic acids is 2. The maximum absolute atomic E-state index is 12.7. The van der Waals surface area contributed by atoms with Crippen LogP contribution in [0.25, 0.3) is 0 Å². The van der Waals surface area contributed by atoms with E-state index in [9.17, 15) is 9.59 Å². The van der Waals surface area contributed by atoms with E-state index in [0.717, 1.165) is 11.3 Å². The van der Waals surface area contributed by atoms with Crippen molar-refractivity contribution in [1.29, 1.82) is 0 Å². The number of rotatable bonds is 8. The molecule has 0 bridgehead atoms. The van der Waals surface area contributed by atoms with Gasteiger partial charge in [-0.15, -0.1) is 0 Å². The highest BCUT2D eigenvalue weighted by molar-refractivity contribution is 6.09. The molecule has 154 valence electrons. The minimum absolute atomic E-state index is 0.276. The third kappa shape index (κ3) is 5.38. The second-order valence-corrected chi connectivity index (χ2v) is 6.49. The Bertz CT molecular complexity index is 1020. The number of methoxy groups -OCH3 is 1. The summed E-state index contributed by atoms with van der Waals surface area (Å²) < 4.78 is 10.6. The number of para-hydroxylation sites is 1. The van der Waals surface area contributed by atoms with Crippen LogP contribution in [0.15, 0.2) is 72.8 Å². The first-order valence-corrected chi connectivity index (χ1v) is 9.65. The summed E-state index contributed by atoms with van der Waals surface area (Å²) >= 11 is 0. The van der Waals surface area contributed by atoms with Crippen LogP contribution in [-0.4, -0.2) is 25.5 Å². The molecule has 0 saturated carbocycles. The van der Waals surface area contributed by atoms with Gasteiger partial charge in [0.15, 0.2) is 0 Å². The monoisotopic (exact) mass is 404 g/mol. The van der Waals surface area contributed by atoms with E-state index in [0.29, 0.717) is 35.7 Å². The lowest BCUT2D eigenvalue weighted by molar-refractivity contribution is 0.0951. The Kier molecular flexibility index (Phi) is 7.05. The molecule has 0 saturated heterocycles. The van der Waals surface area contributed by atoms with Crippen molar-refractivity contribution >= 4 is 17.5 Å². The average molecular weight is 404 g/mol. The van der Waals surface area contributed by atoms with Gasteiger partial charge in [0.05, 0.1) is 25.0 Å². The predicted octanol–water partition coefficient (Wildman–Crippen LogP) is 4.28. The van der Waals surface area contributed by atoms with E-state index >= 15 is 0 Å². The van der Waals surface area contributed by atoms with Crippen molar-refractivity contribution in [2.75, 3.05) is 19.0 Å². The Morgan fingerprint density at radius 2 is 1.63 bits per heavy atom. The summed E-state index contributed by atoms with van der Waals surface area (Å²) in [6.45, 7) is 2.85. The average Bonchev–Trinajstić information content (AvgIpc) is 2.78. The first-order valence-electron chi connectivity index (χ1n) is 9.65. The maximum Gasteiger partial charge on any atom is 0.255 e. The number of hydrogen-bond acceptors (Lipinski definition) is 4. The molecular weight excluding hydrogens is 380 g/mol. The highest BCUT2D eigenvalue weighted by atomic mass is 16.5. The van der Waals surface area contributed by atoms with Crippen LogP contribution in [0.4, 0.5) is 5.69 Å². The maximum atomic E-state index is 12.7.